The van der Waals surface area contributed by atoms with Gasteiger partial charge in [-0.25, -0.2) is 0 Å². The smallest absolute Gasteiger partial charge is 0.0456 e. The summed E-state index contributed by atoms with van der Waals surface area (Å²) in [4.78, 5) is 10.8. The van der Waals surface area contributed by atoms with Crippen LogP contribution >= 0.6 is 0 Å². The van der Waals surface area contributed by atoms with E-state index < -0.39 is 0 Å². The Hall–Kier alpha value is -3.33. The van der Waals surface area contributed by atoms with Crippen LogP contribution in [0.5, 0.6) is 0 Å². The lowest BCUT2D eigenvalue weighted by Gasteiger charge is -1.99. The van der Waals surface area contributed by atoms with Gasteiger partial charge in [-0.1, -0.05) is 42.5 Å². The van der Waals surface area contributed by atoms with Crippen molar-refractivity contribution in [3.8, 4) is 0 Å². The Morgan fingerprint density at radius 3 is 2.35 bits per heavy atom. The van der Waals surface area contributed by atoms with E-state index >= 15 is 0 Å². The number of nitrogens with zero attached hydrogens (tertiary/aromatic N) is 1. The summed E-state index contributed by atoms with van der Waals surface area (Å²) in [7, 11) is 0. The van der Waals surface area contributed by atoms with Gasteiger partial charge in [-0.05, 0) is 54.1 Å². The van der Waals surface area contributed by atoms with Crippen molar-refractivity contribution in [3.05, 3.63) is 103 Å². The predicted octanol–water partition coefficient (Wildman–Crippen LogP) is 5.52. The topological polar surface area (TPSA) is 44.5 Å². The van der Waals surface area contributed by atoms with Gasteiger partial charge in [-0.15, -0.1) is 0 Å². The Bertz CT molecular complexity index is 1060. The van der Waals surface area contributed by atoms with Crippen LogP contribution in [0.15, 0.2) is 91.4 Å². The third kappa shape index (κ3) is 3.67. The van der Waals surface area contributed by atoms with Crippen molar-refractivity contribution in [1.82, 2.24) is 15.0 Å². The molecule has 0 saturated carbocycles. The third-order valence-electron chi connectivity index (χ3n) is 4.51. The number of aryl methyl sites for hydroxylation is 2. The van der Waals surface area contributed by atoms with Gasteiger partial charge < -0.3 is 9.97 Å². The summed E-state index contributed by atoms with van der Waals surface area (Å²) in [6.07, 6.45) is 7.92. The average molecular weight is 339 g/mol. The standard InChI is InChI=1S/C15H14N2.C8H7N/c1-2-7-15-14(6-1)12(11-17-15)8-9-13-5-3-4-10-16-13;1-2-4-8-7(3-1)5-6-9-8/h1-7,10-11,17H,8-9H2;1-6,9H. The minimum Gasteiger partial charge on any atom is -0.361 e. The van der Waals surface area contributed by atoms with Crippen LogP contribution in [0.3, 0.4) is 0 Å². The average Bonchev–Trinajstić information content (AvgIpc) is 3.35. The van der Waals surface area contributed by atoms with Gasteiger partial charge >= 0.3 is 0 Å². The van der Waals surface area contributed by atoms with E-state index in [1.165, 1.54) is 27.4 Å². The second-order valence-electron chi connectivity index (χ2n) is 6.25. The summed E-state index contributed by atoms with van der Waals surface area (Å²) in [6.45, 7) is 0. The molecule has 3 heteroatoms. The Morgan fingerprint density at radius 2 is 1.50 bits per heavy atom. The minimum absolute atomic E-state index is 0.989. The second-order valence-corrected chi connectivity index (χ2v) is 6.25. The molecule has 5 rings (SSSR count). The number of fused-ring (bicyclic) bond motifs is 2. The molecule has 0 radical (unpaired) electrons. The molecule has 26 heavy (non-hydrogen) atoms. The molecular formula is C23H21N3. The van der Waals surface area contributed by atoms with Gasteiger partial charge in [0.05, 0.1) is 0 Å². The molecule has 0 bridgehead atoms. The fourth-order valence-electron chi connectivity index (χ4n) is 3.14. The Kier molecular flexibility index (Phi) is 4.79. The summed E-state index contributed by atoms with van der Waals surface area (Å²) < 4.78 is 0. The lowest BCUT2D eigenvalue weighted by molar-refractivity contribution is 0.919. The highest BCUT2D eigenvalue weighted by Gasteiger charge is 2.03. The van der Waals surface area contributed by atoms with Crippen LogP contribution in [0.4, 0.5) is 0 Å². The molecule has 0 unspecified atom stereocenters. The molecule has 0 aliphatic heterocycles. The number of rotatable bonds is 3. The lowest BCUT2D eigenvalue weighted by Crippen LogP contribution is -1.92. The number of aromatic amines is 2. The SMILES string of the molecule is c1ccc(CCc2c[nH]c3ccccc23)nc1.c1ccc2[nH]ccc2c1. The maximum Gasteiger partial charge on any atom is 0.0456 e. The number of pyridine rings is 1. The van der Waals surface area contributed by atoms with Crippen LogP contribution in [-0.2, 0) is 12.8 Å². The fourth-order valence-corrected chi connectivity index (χ4v) is 3.14. The maximum absolute atomic E-state index is 4.35. The molecule has 2 N–H and O–H groups in total. The summed E-state index contributed by atoms with van der Waals surface area (Å²) in [5.41, 5.74) is 4.94. The highest BCUT2D eigenvalue weighted by Crippen LogP contribution is 2.19. The van der Waals surface area contributed by atoms with Crippen LogP contribution in [0.2, 0.25) is 0 Å². The zero-order chi connectivity index (χ0) is 17.6. The van der Waals surface area contributed by atoms with Crippen LogP contribution in [-0.4, -0.2) is 15.0 Å². The van der Waals surface area contributed by atoms with Crippen LogP contribution in [0.1, 0.15) is 11.3 Å². The van der Waals surface area contributed by atoms with Crippen molar-refractivity contribution in [2.75, 3.05) is 0 Å². The summed E-state index contributed by atoms with van der Waals surface area (Å²) in [6, 6.07) is 24.8. The first-order chi connectivity index (χ1) is 12.9. The van der Waals surface area contributed by atoms with E-state index in [0.29, 0.717) is 0 Å². The van der Waals surface area contributed by atoms with E-state index in [1.807, 2.05) is 36.7 Å². The second kappa shape index (κ2) is 7.70. The highest BCUT2D eigenvalue weighted by atomic mass is 14.7. The number of para-hydroxylation sites is 2. The largest absolute Gasteiger partial charge is 0.361 e. The molecular weight excluding hydrogens is 318 g/mol. The molecule has 0 saturated heterocycles. The minimum atomic E-state index is 0.989. The van der Waals surface area contributed by atoms with Gasteiger partial charge in [-0.2, -0.15) is 0 Å². The molecule has 0 atom stereocenters. The molecule has 0 spiro atoms. The van der Waals surface area contributed by atoms with E-state index in [-0.39, 0.29) is 0 Å². The number of hydrogen-bond donors (Lipinski definition) is 2. The molecule has 2 aromatic carbocycles. The normalized spacial score (nSPS) is 10.6. The van der Waals surface area contributed by atoms with Crippen molar-refractivity contribution < 1.29 is 0 Å². The quantitative estimate of drug-likeness (QED) is 0.447. The summed E-state index contributed by atoms with van der Waals surface area (Å²) in [5.74, 6) is 0. The molecule has 128 valence electrons. The third-order valence-corrected chi connectivity index (χ3v) is 4.51. The molecule has 0 amide bonds. The first-order valence-electron chi connectivity index (χ1n) is 8.87. The van der Waals surface area contributed by atoms with E-state index in [0.717, 1.165) is 18.5 Å². The summed E-state index contributed by atoms with van der Waals surface area (Å²) >= 11 is 0. The number of H-pyrrole nitrogens is 2. The van der Waals surface area contributed by atoms with E-state index in [9.17, 15) is 0 Å². The molecule has 3 nitrogen and oxygen atoms in total. The number of benzene rings is 2. The van der Waals surface area contributed by atoms with E-state index in [4.69, 9.17) is 0 Å². The predicted molar refractivity (Wildman–Crippen MR) is 108 cm³/mol. The van der Waals surface area contributed by atoms with Crippen molar-refractivity contribution >= 4 is 21.8 Å². The van der Waals surface area contributed by atoms with Crippen LogP contribution in [0.25, 0.3) is 21.8 Å². The van der Waals surface area contributed by atoms with Crippen molar-refractivity contribution in [2.24, 2.45) is 0 Å². The molecule has 0 fully saturated rings. The Balaban J connectivity index is 0.000000157. The highest BCUT2D eigenvalue weighted by molar-refractivity contribution is 5.83. The Labute approximate surface area is 152 Å². The summed E-state index contributed by atoms with van der Waals surface area (Å²) in [5, 5.41) is 2.60. The molecule has 3 aromatic heterocycles. The number of nitrogens with one attached hydrogen (secondary N) is 2. The molecule has 5 aromatic rings. The lowest BCUT2D eigenvalue weighted by atomic mass is 10.1. The zero-order valence-electron chi connectivity index (χ0n) is 14.5. The van der Waals surface area contributed by atoms with Gasteiger partial charge in [0.2, 0.25) is 0 Å². The van der Waals surface area contributed by atoms with Crippen LogP contribution in [0, 0.1) is 0 Å². The fraction of sp³-hybridized carbons (Fsp3) is 0.0870. The van der Waals surface area contributed by atoms with Gasteiger partial charge in [0.1, 0.15) is 0 Å². The van der Waals surface area contributed by atoms with Crippen LogP contribution < -0.4 is 0 Å². The first kappa shape index (κ1) is 16.2. The molecule has 3 heterocycles. The number of hydrogen-bond acceptors (Lipinski definition) is 1. The maximum atomic E-state index is 4.35. The molecule has 0 aliphatic rings. The van der Waals surface area contributed by atoms with Gasteiger partial charge in [0.15, 0.2) is 0 Å². The van der Waals surface area contributed by atoms with Crippen molar-refractivity contribution in [3.63, 3.8) is 0 Å². The van der Waals surface area contributed by atoms with E-state index in [2.05, 4.69) is 69.7 Å². The molecule has 0 aliphatic carbocycles. The van der Waals surface area contributed by atoms with Gasteiger partial charge in [-0.3, -0.25) is 4.98 Å². The zero-order valence-corrected chi connectivity index (χ0v) is 14.5. The van der Waals surface area contributed by atoms with Gasteiger partial charge in [0, 0.05) is 40.7 Å². The van der Waals surface area contributed by atoms with E-state index in [1.54, 1.807) is 0 Å². The van der Waals surface area contributed by atoms with Crippen molar-refractivity contribution in [2.45, 2.75) is 12.8 Å². The first-order valence-corrected chi connectivity index (χ1v) is 8.87. The Morgan fingerprint density at radius 1 is 0.692 bits per heavy atom. The van der Waals surface area contributed by atoms with Crippen molar-refractivity contribution in [1.29, 1.82) is 0 Å². The monoisotopic (exact) mass is 339 g/mol. The number of aromatic nitrogens is 3. The van der Waals surface area contributed by atoms with Gasteiger partial charge in [0.25, 0.3) is 0 Å².